The standard InChI is InChI=1S/C12H12ClNO2/c1-7(15)8-3-5-10-9(12(8)13)4-6-11(14-10)16-2/h3-7,15H,1-2H3. The molecule has 1 unspecified atom stereocenters. The first kappa shape index (κ1) is 11.2. The summed E-state index contributed by atoms with van der Waals surface area (Å²) in [4.78, 5) is 4.27. The molecule has 4 heteroatoms. The normalized spacial score (nSPS) is 12.8. The Kier molecular flexibility index (Phi) is 2.99. The minimum Gasteiger partial charge on any atom is -0.481 e. The molecular weight excluding hydrogens is 226 g/mol. The van der Waals surface area contributed by atoms with E-state index in [-0.39, 0.29) is 0 Å². The van der Waals surface area contributed by atoms with Crippen LogP contribution >= 0.6 is 11.6 Å². The van der Waals surface area contributed by atoms with Gasteiger partial charge in [-0.1, -0.05) is 17.7 Å². The summed E-state index contributed by atoms with van der Waals surface area (Å²) < 4.78 is 5.04. The minimum absolute atomic E-state index is 0.544. The summed E-state index contributed by atoms with van der Waals surface area (Å²) in [6.45, 7) is 1.68. The maximum absolute atomic E-state index is 9.54. The van der Waals surface area contributed by atoms with Crippen molar-refractivity contribution in [3.8, 4) is 5.88 Å². The molecule has 1 heterocycles. The molecule has 84 valence electrons. The Morgan fingerprint density at radius 1 is 1.31 bits per heavy atom. The molecule has 0 aliphatic rings. The molecule has 2 rings (SSSR count). The van der Waals surface area contributed by atoms with Crippen LogP contribution in [0.1, 0.15) is 18.6 Å². The molecule has 0 radical (unpaired) electrons. The van der Waals surface area contributed by atoms with E-state index in [4.69, 9.17) is 16.3 Å². The molecule has 0 fully saturated rings. The average molecular weight is 238 g/mol. The summed E-state index contributed by atoms with van der Waals surface area (Å²) in [5.74, 6) is 0.549. The van der Waals surface area contributed by atoms with Crippen molar-refractivity contribution in [1.29, 1.82) is 0 Å². The van der Waals surface area contributed by atoms with Gasteiger partial charge in [0.2, 0.25) is 5.88 Å². The lowest BCUT2D eigenvalue weighted by molar-refractivity contribution is 0.199. The third kappa shape index (κ3) is 1.84. The molecule has 0 bridgehead atoms. The van der Waals surface area contributed by atoms with Gasteiger partial charge in [-0.2, -0.15) is 0 Å². The van der Waals surface area contributed by atoms with Crippen molar-refractivity contribution in [2.45, 2.75) is 13.0 Å². The van der Waals surface area contributed by atoms with E-state index < -0.39 is 6.10 Å². The van der Waals surface area contributed by atoms with Gasteiger partial charge in [-0.3, -0.25) is 0 Å². The second-order valence-electron chi connectivity index (χ2n) is 3.57. The highest BCUT2D eigenvalue weighted by atomic mass is 35.5. The molecule has 1 aromatic carbocycles. The maximum Gasteiger partial charge on any atom is 0.213 e. The first-order chi connectivity index (χ1) is 7.63. The second kappa shape index (κ2) is 4.28. The summed E-state index contributed by atoms with van der Waals surface area (Å²) in [5.41, 5.74) is 1.47. The number of aliphatic hydroxyl groups excluding tert-OH is 1. The number of hydrogen-bond donors (Lipinski definition) is 1. The van der Waals surface area contributed by atoms with Crippen molar-refractivity contribution in [3.05, 3.63) is 34.9 Å². The molecule has 1 N–H and O–H groups in total. The number of halogens is 1. The Morgan fingerprint density at radius 3 is 2.69 bits per heavy atom. The number of benzene rings is 1. The van der Waals surface area contributed by atoms with Crippen LogP contribution in [0.25, 0.3) is 10.9 Å². The summed E-state index contributed by atoms with van der Waals surface area (Å²) >= 11 is 6.19. The molecule has 0 aliphatic carbocycles. The Bertz CT molecular complexity index is 526. The zero-order chi connectivity index (χ0) is 11.7. The summed E-state index contributed by atoms with van der Waals surface area (Å²) in [5, 5.41) is 10.9. The predicted molar refractivity (Wildman–Crippen MR) is 63.9 cm³/mol. The van der Waals surface area contributed by atoms with E-state index in [0.717, 1.165) is 10.9 Å². The van der Waals surface area contributed by atoms with E-state index in [1.54, 1.807) is 26.2 Å². The van der Waals surface area contributed by atoms with Crippen LogP contribution in [0.4, 0.5) is 0 Å². The van der Waals surface area contributed by atoms with Gasteiger partial charge >= 0.3 is 0 Å². The Morgan fingerprint density at radius 2 is 2.06 bits per heavy atom. The number of fused-ring (bicyclic) bond motifs is 1. The van der Waals surface area contributed by atoms with Gasteiger partial charge < -0.3 is 9.84 Å². The minimum atomic E-state index is -0.584. The van der Waals surface area contributed by atoms with Gasteiger partial charge in [0, 0.05) is 11.5 Å². The van der Waals surface area contributed by atoms with Gasteiger partial charge in [0.1, 0.15) is 0 Å². The molecule has 0 saturated heterocycles. The van der Waals surface area contributed by atoms with Crippen LogP contribution in [0, 0.1) is 0 Å². The van der Waals surface area contributed by atoms with Crippen LogP contribution in [0.5, 0.6) is 5.88 Å². The van der Waals surface area contributed by atoms with E-state index >= 15 is 0 Å². The number of methoxy groups -OCH3 is 1. The SMILES string of the molecule is COc1ccc2c(Cl)c(C(C)O)ccc2n1. The zero-order valence-corrected chi connectivity index (χ0v) is 9.82. The number of nitrogens with zero attached hydrogens (tertiary/aromatic N) is 1. The topological polar surface area (TPSA) is 42.4 Å². The molecular formula is C12H12ClNO2. The largest absolute Gasteiger partial charge is 0.481 e. The predicted octanol–water partition coefficient (Wildman–Crippen LogP) is 2.95. The molecule has 1 atom stereocenters. The highest BCUT2D eigenvalue weighted by Crippen LogP contribution is 2.31. The van der Waals surface area contributed by atoms with Gasteiger partial charge in [-0.25, -0.2) is 4.98 Å². The lowest BCUT2D eigenvalue weighted by Gasteiger charge is -2.10. The van der Waals surface area contributed by atoms with Crippen LogP contribution in [0.2, 0.25) is 5.02 Å². The van der Waals surface area contributed by atoms with Crippen LogP contribution in [-0.2, 0) is 0 Å². The molecule has 16 heavy (non-hydrogen) atoms. The lowest BCUT2D eigenvalue weighted by Crippen LogP contribution is -1.94. The van der Waals surface area contributed by atoms with Gasteiger partial charge in [0.05, 0.1) is 23.8 Å². The van der Waals surface area contributed by atoms with Crippen molar-refractivity contribution < 1.29 is 9.84 Å². The Hall–Kier alpha value is -1.32. The molecule has 0 amide bonds. The third-order valence-electron chi connectivity index (χ3n) is 2.47. The van der Waals surface area contributed by atoms with E-state index in [1.807, 2.05) is 12.1 Å². The monoisotopic (exact) mass is 237 g/mol. The Labute approximate surface area is 98.6 Å². The van der Waals surface area contributed by atoms with Crippen LogP contribution in [-0.4, -0.2) is 17.2 Å². The van der Waals surface area contributed by atoms with Crippen molar-refractivity contribution in [2.75, 3.05) is 7.11 Å². The van der Waals surface area contributed by atoms with E-state index in [2.05, 4.69) is 4.98 Å². The first-order valence-corrected chi connectivity index (χ1v) is 5.32. The molecule has 3 nitrogen and oxygen atoms in total. The van der Waals surface area contributed by atoms with Crippen molar-refractivity contribution in [2.24, 2.45) is 0 Å². The number of hydrogen-bond acceptors (Lipinski definition) is 3. The van der Waals surface area contributed by atoms with Crippen molar-refractivity contribution in [3.63, 3.8) is 0 Å². The zero-order valence-electron chi connectivity index (χ0n) is 9.07. The number of aromatic nitrogens is 1. The molecule has 0 aliphatic heterocycles. The summed E-state index contributed by atoms with van der Waals surface area (Å²) in [7, 11) is 1.57. The molecule has 2 aromatic rings. The quantitative estimate of drug-likeness (QED) is 0.873. The van der Waals surface area contributed by atoms with E-state index in [9.17, 15) is 5.11 Å². The second-order valence-corrected chi connectivity index (χ2v) is 3.94. The maximum atomic E-state index is 9.54. The van der Waals surface area contributed by atoms with Crippen LogP contribution in [0.15, 0.2) is 24.3 Å². The molecule has 0 saturated carbocycles. The molecule has 0 spiro atoms. The van der Waals surface area contributed by atoms with Crippen molar-refractivity contribution in [1.82, 2.24) is 4.98 Å². The van der Waals surface area contributed by atoms with Gasteiger partial charge in [0.25, 0.3) is 0 Å². The number of ether oxygens (including phenoxy) is 1. The highest BCUT2D eigenvalue weighted by Gasteiger charge is 2.10. The van der Waals surface area contributed by atoms with Crippen LogP contribution in [0.3, 0.4) is 0 Å². The van der Waals surface area contributed by atoms with Gasteiger partial charge in [0.15, 0.2) is 0 Å². The molecule has 1 aromatic heterocycles. The average Bonchev–Trinajstić information content (AvgIpc) is 2.28. The van der Waals surface area contributed by atoms with Gasteiger partial charge in [-0.05, 0) is 24.6 Å². The van der Waals surface area contributed by atoms with Gasteiger partial charge in [-0.15, -0.1) is 0 Å². The lowest BCUT2D eigenvalue weighted by atomic mass is 10.1. The summed E-state index contributed by atoms with van der Waals surface area (Å²) in [6.07, 6.45) is -0.584. The van der Waals surface area contributed by atoms with E-state index in [0.29, 0.717) is 16.5 Å². The fourth-order valence-electron chi connectivity index (χ4n) is 1.60. The number of rotatable bonds is 2. The first-order valence-electron chi connectivity index (χ1n) is 4.94. The highest BCUT2D eigenvalue weighted by molar-refractivity contribution is 6.36. The fourth-order valence-corrected chi connectivity index (χ4v) is 1.98. The fraction of sp³-hybridized carbons (Fsp3) is 0.250. The van der Waals surface area contributed by atoms with Crippen LogP contribution < -0.4 is 4.74 Å². The van der Waals surface area contributed by atoms with E-state index in [1.165, 1.54) is 0 Å². The smallest absolute Gasteiger partial charge is 0.213 e. The van der Waals surface area contributed by atoms with Crippen molar-refractivity contribution >= 4 is 22.5 Å². The summed E-state index contributed by atoms with van der Waals surface area (Å²) in [6, 6.07) is 7.20. The number of pyridine rings is 1. The third-order valence-corrected chi connectivity index (χ3v) is 2.89. The Balaban J connectivity index is 2.67. The number of aliphatic hydroxyl groups is 1.